The van der Waals surface area contributed by atoms with Crippen LogP contribution in [0.4, 0.5) is 0 Å². The first kappa shape index (κ1) is 39.5. The van der Waals surface area contributed by atoms with Crippen molar-refractivity contribution >= 4 is 152 Å². The first-order valence-corrected chi connectivity index (χ1v) is 25.1. The largest absolute Gasteiger partial charge is 0.0911 e. The van der Waals surface area contributed by atoms with Crippen molar-refractivity contribution in [1.82, 2.24) is 0 Å². The highest BCUT2D eigenvalue weighted by molar-refractivity contribution is 6.29. The summed E-state index contributed by atoms with van der Waals surface area (Å²) in [4.78, 5) is 0. The van der Waals surface area contributed by atoms with Gasteiger partial charge in [-0.25, -0.2) is 0 Å². The molecule has 330 valence electrons. The van der Waals surface area contributed by atoms with Gasteiger partial charge in [-0.15, -0.1) is 0 Å². The van der Waals surface area contributed by atoms with Gasteiger partial charge >= 0.3 is 0 Å². The highest BCUT2D eigenvalue weighted by Gasteiger charge is 2.19. The highest BCUT2D eigenvalue weighted by Crippen LogP contribution is 2.44. The fourth-order valence-corrected chi connectivity index (χ4v) is 12.9. The Hall–Kier alpha value is -9.36. The van der Waals surface area contributed by atoms with Gasteiger partial charge in [-0.05, 0) is 180 Å². The van der Waals surface area contributed by atoms with Crippen LogP contribution in [0.5, 0.6) is 0 Å². The SMILES string of the molecule is C=C(C=C(C=C(C=Cc1ccc2ccc3cccc4ccc1c2c34)c1ccc2ccc3cccc4ccc1c2c34)c1ccc2ccc3cccc4ccc1c2c34)c1ccc2ccc3cccc4ccc1c2c34. The van der Waals surface area contributed by atoms with Crippen LogP contribution in [-0.4, -0.2) is 0 Å². The third-order valence-electron chi connectivity index (χ3n) is 16.2. The molecule has 16 rings (SSSR count). The third-order valence-corrected chi connectivity index (χ3v) is 16.2. The lowest BCUT2D eigenvalue weighted by Gasteiger charge is -2.18. The van der Waals surface area contributed by atoms with Crippen LogP contribution in [0, 0.1) is 0 Å². The zero-order valence-electron chi connectivity index (χ0n) is 39.3. The first-order valence-electron chi connectivity index (χ1n) is 25.1. The van der Waals surface area contributed by atoms with Gasteiger partial charge in [0.2, 0.25) is 0 Å². The van der Waals surface area contributed by atoms with Gasteiger partial charge in [0, 0.05) is 0 Å². The van der Waals surface area contributed by atoms with Gasteiger partial charge in [0.15, 0.2) is 0 Å². The summed E-state index contributed by atoms with van der Waals surface area (Å²) in [7, 11) is 0. The maximum Gasteiger partial charge on any atom is -0.00206 e. The molecule has 0 saturated heterocycles. The average Bonchev–Trinajstić information content (AvgIpc) is 3.43. The van der Waals surface area contributed by atoms with Crippen LogP contribution in [0.15, 0.2) is 243 Å². The summed E-state index contributed by atoms with van der Waals surface area (Å²) in [5.41, 5.74) is 7.88. The van der Waals surface area contributed by atoms with E-state index in [1.54, 1.807) is 0 Å². The van der Waals surface area contributed by atoms with Gasteiger partial charge in [-0.1, -0.05) is 237 Å². The molecule has 0 spiro atoms. The maximum absolute atomic E-state index is 4.96. The zero-order valence-corrected chi connectivity index (χ0v) is 39.3. The van der Waals surface area contributed by atoms with E-state index in [9.17, 15) is 0 Å². The van der Waals surface area contributed by atoms with Crippen LogP contribution in [0.2, 0.25) is 0 Å². The van der Waals surface area contributed by atoms with Crippen molar-refractivity contribution in [3.8, 4) is 0 Å². The van der Waals surface area contributed by atoms with Gasteiger partial charge in [0.25, 0.3) is 0 Å². The van der Waals surface area contributed by atoms with Crippen molar-refractivity contribution < 1.29 is 0 Å². The van der Waals surface area contributed by atoms with E-state index in [-0.39, 0.29) is 0 Å². The van der Waals surface area contributed by atoms with E-state index in [2.05, 4.69) is 243 Å². The number of hydrogen-bond acceptors (Lipinski definition) is 0. The number of rotatable bonds is 7. The summed E-state index contributed by atoms with van der Waals surface area (Å²) < 4.78 is 0. The van der Waals surface area contributed by atoms with Crippen molar-refractivity contribution in [2.24, 2.45) is 0 Å². The van der Waals surface area contributed by atoms with E-state index in [0.29, 0.717) is 0 Å². The summed E-state index contributed by atoms with van der Waals surface area (Å²) in [5, 5.41) is 30.5. The van der Waals surface area contributed by atoms with E-state index in [1.165, 1.54) is 146 Å². The van der Waals surface area contributed by atoms with Crippen molar-refractivity contribution in [3.63, 3.8) is 0 Å². The summed E-state index contributed by atoms with van der Waals surface area (Å²) in [5.74, 6) is 0. The van der Waals surface area contributed by atoms with Crippen LogP contribution >= 0.6 is 0 Å². The molecule has 0 heteroatoms. The molecule has 0 amide bonds. The van der Waals surface area contributed by atoms with E-state index < -0.39 is 0 Å². The van der Waals surface area contributed by atoms with E-state index in [1.807, 2.05) is 0 Å². The Morgan fingerprint density at radius 3 is 0.958 bits per heavy atom. The molecule has 0 nitrogen and oxygen atoms in total. The lowest BCUT2D eigenvalue weighted by atomic mass is 9.85. The van der Waals surface area contributed by atoms with Crippen molar-refractivity contribution in [2.75, 3.05) is 0 Å². The molecule has 72 heavy (non-hydrogen) atoms. The maximum atomic E-state index is 4.96. The number of benzene rings is 16. The summed E-state index contributed by atoms with van der Waals surface area (Å²) >= 11 is 0. The van der Waals surface area contributed by atoms with Crippen LogP contribution in [0.25, 0.3) is 152 Å². The van der Waals surface area contributed by atoms with Crippen molar-refractivity contribution in [1.29, 1.82) is 0 Å². The lowest BCUT2D eigenvalue weighted by molar-refractivity contribution is 1.67. The monoisotopic (exact) mass is 906 g/mol. The zero-order chi connectivity index (χ0) is 47.2. The minimum atomic E-state index is 0.968. The molecule has 16 aromatic carbocycles. The predicted octanol–water partition coefficient (Wildman–Crippen LogP) is 20.2. The molecule has 0 saturated carbocycles. The molecule has 0 aliphatic rings. The van der Waals surface area contributed by atoms with E-state index in [0.717, 1.165) is 22.3 Å². The summed E-state index contributed by atoms with van der Waals surface area (Å²) in [6.45, 7) is 4.96. The number of hydrogen-bond donors (Lipinski definition) is 0. The average molecular weight is 907 g/mol. The Kier molecular flexibility index (Phi) is 8.13. The molecule has 0 atom stereocenters. The molecular weight excluding hydrogens is 865 g/mol. The number of allylic oxidation sites excluding steroid dienone is 6. The van der Waals surface area contributed by atoms with Crippen LogP contribution in [0.1, 0.15) is 22.3 Å². The van der Waals surface area contributed by atoms with Crippen LogP contribution in [-0.2, 0) is 0 Å². The van der Waals surface area contributed by atoms with Gasteiger partial charge in [-0.3, -0.25) is 0 Å². The third kappa shape index (κ3) is 5.64. The fraction of sp³-hybridized carbons (Fsp3) is 0. The molecule has 0 aliphatic heterocycles. The summed E-state index contributed by atoms with van der Waals surface area (Å²) in [6, 6.07) is 81.8. The van der Waals surface area contributed by atoms with Gasteiger partial charge < -0.3 is 0 Å². The topological polar surface area (TPSA) is 0 Å². The minimum absolute atomic E-state index is 0.968. The molecule has 0 bridgehead atoms. The van der Waals surface area contributed by atoms with Crippen LogP contribution < -0.4 is 0 Å². The standard InChI is InChI=1S/C72H42/c1-42(58-33-26-53-22-18-45-7-3-11-49-30-37-62(58)70(53)66(45)49)40-57(60-35-28-55-24-20-47-9-5-13-51-32-39-64(60)72(55)68(47)51)41-56(59-34-27-54-23-19-46-8-4-12-50-31-38-63(59)71(54)67(46)50)25-15-43-14-16-52-21-17-44-6-2-10-48-29-36-61(43)69(52)65(44)48/h2-41H,1H2. The van der Waals surface area contributed by atoms with Crippen molar-refractivity contribution in [2.45, 2.75) is 0 Å². The second-order valence-corrected chi connectivity index (χ2v) is 20.0. The Bertz CT molecular complexity index is 4970. The molecule has 0 heterocycles. The Balaban J connectivity index is 0.986. The quantitative estimate of drug-likeness (QED) is 0.110. The molecule has 0 radical (unpaired) electrons. The highest BCUT2D eigenvalue weighted by atomic mass is 14.2. The van der Waals surface area contributed by atoms with E-state index >= 15 is 0 Å². The smallest absolute Gasteiger partial charge is 0.00206 e. The van der Waals surface area contributed by atoms with Gasteiger partial charge in [0.05, 0.1) is 0 Å². The van der Waals surface area contributed by atoms with E-state index in [4.69, 9.17) is 6.58 Å². The predicted molar refractivity (Wildman–Crippen MR) is 315 cm³/mol. The van der Waals surface area contributed by atoms with Crippen LogP contribution in [0.3, 0.4) is 0 Å². The second-order valence-electron chi connectivity index (χ2n) is 20.0. The molecule has 16 aromatic rings. The Morgan fingerprint density at radius 1 is 0.250 bits per heavy atom. The molecule has 0 aromatic heterocycles. The molecule has 0 aliphatic carbocycles. The fourth-order valence-electron chi connectivity index (χ4n) is 12.9. The Labute approximate surface area is 415 Å². The van der Waals surface area contributed by atoms with Gasteiger partial charge in [-0.2, -0.15) is 0 Å². The molecule has 0 N–H and O–H groups in total. The van der Waals surface area contributed by atoms with Crippen molar-refractivity contribution in [3.05, 3.63) is 265 Å². The Morgan fingerprint density at radius 2 is 0.542 bits per heavy atom. The molecular formula is C72H42. The minimum Gasteiger partial charge on any atom is -0.0911 e. The molecule has 0 fully saturated rings. The first-order chi connectivity index (χ1) is 35.6. The summed E-state index contributed by atoms with van der Waals surface area (Å²) in [6.07, 6.45) is 9.54. The lowest BCUT2D eigenvalue weighted by Crippen LogP contribution is -1.94. The molecule has 0 unspecified atom stereocenters. The van der Waals surface area contributed by atoms with Gasteiger partial charge in [0.1, 0.15) is 0 Å². The second kappa shape index (κ2) is 14.8. The normalized spacial score (nSPS) is 13.2.